The molecule has 0 atom stereocenters. The van der Waals surface area contributed by atoms with Gasteiger partial charge in [-0.15, -0.1) is 0 Å². The number of aromatic nitrogens is 2. The highest BCUT2D eigenvalue weighted by molar-refractivity contribution is 6.31. The Labute approximate surface area is 127 Å². The third-order valence-electron chi connectivity index (χ3n) is 3.83. The number of nitrogens with one attached hydrogen (secondary N) is 1. The molecule has 0 aliphatic rings. The maximum Gasteiger partial charge on any atom is 0.0731 e. The van der Waals surface area contributed by atoms with E-state index in [4.69, 9.17) is 16.6 Å². The number of rotatable bonds is 1. The molecule has 2 heterocycles. The van der Waals surface area contributed by atoms with E-state index in [2.05, 4.69) is 30.1 Å². The van der Waals surface area contributed by atoms with E-state index in [-0.39, 0.29) is 0 Å². The summed E-state index contributed by atoms with van der Waals surface area (Å²) in [6.07, 6.45) is 2.01. The zero-order valence-corrected chi connectivity index (χ0v) is 12.3. The van der Waals surface area contributed by atoms with Crippen molar-refractivity contribution in [1.82, 2.24) is 9.97 Å². The molecule has 4 aromatic rings. The Balaban J connectivity index is 2.00. The van der Waals surface area contributed by atoms with Gasteiger partial charge in [0.1, 0.15) is 0 Å². The summed E-state index contributed by atoms with van der Waals surface area (Å²) in [5.41, 5.74) is 5.31. The second-order valence-electron chi connectivity index (χ2n) is 5.24. The molecule has 0 aliphatic carbocycles. The average molecular weight is 293 g/mol. The summed E-state index contributed by atoms with van der Waals surface area (Å²) in [5.74, 6) is 0. The topological polar surface area (TPSA) is 28.7 Å². The van der Waals surface area contributed by atoms with Crippen LogP contribution in [0.25, 0.3) is 33.1 Å². The lowest BCUT2D eigenvalue weighted by molar-refractivity contribution is 1.39. The number of hydrogen-bond donors (Lipinski definition) is 1. The highest BCUT2D eigenvalue weighted by Gasteiger charge is 2.10. The third-order valence-corrected chi connectivity index (χ3v) is 4.04. The van der Waals surface area contributed by atoms with E-state index in [0.717, 1.165) is 43.6 Å². The van der Waals surface area contributed by atoms with Gasteiger partial charge in [-0.1, -0.05) is 35.9 Å². The second kappa shape index (κ2) is 4.61. The van der Waals surface area contributed by atoms with Gasteiger partial charge in [-0.25, -0.2) is 4.98 Å². The van der Waals surface area contributed by atoms with Crippen molar-refractivity contribution in [2.24, 2.45) is 0 Å². The van der Waals surface area contributed by atoms with Gasteiger partial charge in [-0.3, -0.25) is 0 Å². The Morgan fingerprint density at radius 3 is 2.81 bits per heavy atom. The molecule has 0 fully saturated rings. The summed E-state index contributed by atoms with van der Waals surface area (Å²) in [6.45, 7) is 2.06. The van der Waals surface area contributed by atoms with Crippen LogP contribution in [-0.2, 0) is 0 Å². The Morgan fingerprint density at radius 2 is 1.90 bits per heavy atom. The quantitative estimate of drug-likeness (QED) is 0.503. The minimum Gasteiger partial charge on any atom is -0.360 e. The smallest absolute Gasteiger partial charge is 0.0731 e. The molecule has 0 bridgehead atoms. The Hall–Kier alpha value is -2.32. The number of benzene rings is 2. The van der Waals surface area contributed by atoms with Crippen LogP contribution < -0.4 is 0 Å². The molecule has 0 saturated carbocycles. The number of pyridine rings is 1. The number of fused-ring (bicyclic) bond motifs is 2. The van der Waals surface area contributed by atoms with Crippen molar-refractivity contribution in [1.29, 1.82) is 0 Å². The summed E-state index contributed by atoms with van der Waals surface area (Å²) in [7, 11) is 0. The summed E-state index contributed by atoms with van der Waals surface area (Å²) in [4.78, 5) is 8.10. The molecule has 0 saturated heterocycles. The van der Waals surface area contributed by atoms with E-state index in [1.54, 1.807) is 0 Å². The first-order valence-electron chi connectivity index (χ1n) is 6.86. The number of halogens is 1. The standard InChI is InChI=1S/C18H13ClN2/c1-11-8-13(19)9-14-15(10-20-18(11)14)17-7-6-12-4-2-3-5-16(12)21-17/h2-10,20H,1H3. The van der Waals surface area contributed by atoms with Crippen LogP contribution in [0.1, 0.15) is 5.56 Å². The van der Waals surface area contributed by atoms with Crippen LogP contribution >= 0.6 is 11.6 Å². The fourth-order valence-electron chi connectivity index (χ4n) is 2.80. The second-order valence-corrected chi connectivity index (χ2v) is 5.67. The third kappa shape index (κ3) is 1.99. The highest BCUT2D eigenvalue weighted by atomic mass is 35.5. The largest absolute Gasteiger partial charge is 0.360 e. The predicted octanol–water partition coefficient (Wildman–Crippen LogP) is 5.34. The molecule has 1 N–H and O–H groups in total. The maximum absolute atomic E-state index is 6.20. The van der Waals surface area contributed by atoms with Gasteiger partial charge in [-0.05, 0) is 36.8 Å². The molecule has 2 nitrogen and oxygen atoms in total. The van der Waals surface area contributed by atoms with Crippen LogP contribution in [0.3, 0.4) is 0 Å². The monoisotopic (exact) mass is 292 g/mol. The van der Waals surface area contributed by atoms with Gasteiger partial charge in [0.15, 0.2) is 0 Å². The molecular formula is C18H13ClN2. The Morgan fingerprint density at radius 1 is 1.05 bits per heavy atom. The van der Waals surface area contributed by atoms with E-state index < -0.39 is 0 Å². The van der Waals surface area contributed by atoms with Crippen molar-refractivity contribution in [2.45, 2.75) is 6.92 Å². The van der Waals surface area contributed by atoms with Gasteiger partial charge >= 0.3 is 0 Å². The van der Waals surface area contributed by atoms with E-state index in [1.807, 2.05) is 36.5 Å². The van der Waals surface area contributed by atoms with Crippen molar-refractivity contribution < 1.29 is 0 Å². The average Bonchev–Trinajstić information content (AvgIpc) is 2.91. The maximum atomic E-state index is 6.20. The molecular weight excluding hydrogens is 280 g/mol. The summed E-state index contributed by atoms with van der Waals surface area (Å²) in [5, 5.41) is 3.01. The van der Waals surface area contributed by atoms with E-state index in [0.29, 0.717) is 0 Å². The van der Waals surface area contributed by atoms with Gasteiger partial charge < -0.3 is 4.98 Å². The number of aromatic amines is 1. The van der Waals surface area contributed by atoms with Crippen LogP contribution in [0.4, 0.5) is 0 Å². The van der Waals surface area contributed by atoms with Gasteiger partial charge in [0, 0.05) is 33.1 Å². The number of aryl methyl sites for hydroxylation is 1. The molecule has 0 unspecified atom stereocenters. The van der Waals surface area contributed by atoms with Crippen molar-refractivity contribution in [3.05, 3.63) is 65.3 Å². The zero-order valence-electron chi connectivity index (χ0n) is 11.5. The molecule has 2 aromatic carbocycles. The van der Waals surface area contributed by atoms with Gasteiger partial charge in [0.25, 0.3) is 0 Å². The lowest BCUT2D eigenvalue weighted by Crippen LogP contribution is -1.84. The van der Waals surface area contributed by atoms with Gasteiger partial charge in [0.05, 0.1) is 11.2 Å². The number of hydrogen-bond acceptors (Lipinski definition) is 1. The Bertz CT molecular complexity index is 969. The van der Waals surface area contributed by atoms with E-state index in [1.165, 1.54) is 0 Å². The fourth-order valence-corrected chi connectivity index (χ4v) is 3.07. The van der Waals surface area contributed by atoms with Crippen molar-refractivity contribution in [3.8, 4) is 11.3 Å². The van der Waals surface area contributed by atoms with Gasteiger partial charge in [0.2, 0.25) is 0 Å². The normalized spacial score (nSPS) is 11.3. The van der Waals surface area contributed by atoms with E-state index >= 15 is 0 Å². The van der Waals surface area contributed by atoms with Crippen molar-refractivity contribution in [3.63, 3.8) is 0 Å². The first-order chi connectivity index (χ1) is 10.2. The fraction of sp³-hybridized carbons (Fsp3) is 0.0556. The Kier molecular flexibility index (Phi) is 2.72. The molecule has 102 valence electrons. The van der Waals surface area contributed by atoms with Crippen LogP contribution in [-0.4, -0.2) is 9.97 Å². The van der Waals surface area contributed by atoms with Crippen molar-refractivity contribution >= 4 is 33.4 Å². The van der Waals surface area contributed by atoms with Crippen LogP contribution in [0.2, 0.25) is 5.02 Å². The minimum atomic E-state index is 0.752. The first-order valence-corrected chi connectivity index (χ1v) is 7.23. The minimum absolute atomic E-state index is 0.752. The summed E-state index contributed by atoms with van der Waals surface area (Å²) < 4.78 is 0. The molecule has 0 amide bonds. The van der Waals surface area contributed by atoms with Crippen LogP contribution in [0.15, 0.2) is 54.7 Å². The van der Waals surface area contributed by atoms with Crippen LogP contribution in [0, 0.1) is 6.92 Å². The SMILES string of the molecule is Cc1cc(Cl)cc2c(-c3ccc4ccccc4n3)c[nH]c12. The zero-order chi connectivity index (χ0) is 14.4. The first kappa shape index (κ1) is 12.4. The number of nitrogens with zero attached hydrogens (tertiary/aromatic N) is 1. The van der Waals surface area contributed by atoms with Crippen LogP contribution in [0.5, 0.6) is 0 Å². The van der Waals surface area contributed by atoms with Crippen molar-refractivity contribution in [2.75, 3.05) is 0 Å². The summed E-state index contributed by atoms with van der Waals surface area (Å²) in [6, 6.07) is 16.3. The highest BCUT2D eigenvalue weighted by Crippen LogP contribution is 2.32. The molecule has 21 heavy (non-hydrogen) atoms. The molecule has 0 radical (unpaired) electrons. The molecule has 3 heteroatoms. The molecule has 0 spiro atoms. The lowest BCUT2D eigenvalue weighted by atomic mass is 10.1. The predicted molar refractivity (Wildman–Crippen MR) is 88.8 cm³/mol. The van der Waals surface area contributed by atoms with Gasteiger partial charge in [-0.2, -0.15) is 0 Å². The summed E-state index contributed by atoms with van der Waals surface area (Å²) >= 11 is 6.20. The number of H-pyrrole nitrogens is 1. The lowest BCUT2D eigenvalue weighted by Gasteiger charge is -2.03. The number of para-hydroxylation sites is 1. The molecule has 2 aromatic heterocycles. The van der Waals surface area contributed by atoms with E-state index in [9.17, 15) is 0 Å². The molecule has 0 aliphatic heterocycles. The molecule has 4 rings (SSSR count).